The lowest BCUT2D eigenvalue weighted by molar-refractivity contribution is 0.114. The van der Waals surface area contributed by atoms with Gasteiger partial charge in [0, 0.05) is 25.5 Å². The van der Waals surface area contributed by atoms with Crippen LogP contribution in [-0.4, -0.2) is 59.5 Å². The molecule has 0 aliphatic carbocycles. The molecule has 9 heteroatoms. The van der Waals surface area contributed by atoms with Gasteiger partial charge in [0.15, 0.2) is 5.82 Å². The molecule has 2 atom stereocenters. The molecule has 3 heterocycles. The van der Waals surface area contributed by atoms with E-state index < -0.39 is 0 Å². The minimum atomic E-state index is 0.0101. The molecule has 2 aromatic heterocycles. The monoisotopic (exact) mass is 369 g/mol. The van der Waals surface area contributed by atoms with Crippen LogP contribution in [0.2, 0.25) is 0 Å². The van der Waals surface area contributed by atoms with Crippen molar-refractivity contribution in [3.05, 3.63) is 48.3 Å². The van der Waals surface area contributed by atoms with Crippen LogP contribution in [0.5, 0.6) is 5.75 Å². The Hall–Kier alpha value is -2.78. The first-order chi connectivity index (χ1) is 13.2. The van der Waals surface area contributed by atoms with E-state index in [-0.39, 0.29) is 18.7 Å². The van der Waals surface area contributed by atoms with Gasteiger partial charge in [-0.3, -0.25) is 4.90 Å². The van der Waals surface area contributed by atoms with E-state index in [1.165, 1.54) is 0 Å². The van der Waals surface area contributed by atoms with Crippen molar-refractivity contribution in [2.75, 3.05) is 13.7 Å². The van der Waals surface area contributed by atoms with Gasteiger partial charge in [-0.05, 0) is 47.5 Å². The molecule has 1 saturated heterocycles. The highest BCUT2D eigenvalue weighted by Gasteiger charge is 2.37. The second kappa shape index (κ2) is 7.45. The summed E-state index contributed by atoms with van der Waals surface area (Å²) in [7, 11) is 3.61. The number of nitrogens with zero attached hydrogens (tertiary/aromatic N) is 7. The van der Waals surface area contributed by atoms with Gasteiger partial charge in [-0.1, -0.05) is 0 Å². The largest absolute Gasteiger partial charge is 0.497 e. The number of imidazole rings is 1. The highest BCUT2D eigenvalue weighted by atomic mass is 16.5. The predicted octanol–water partition coefficient (Wildman–Crippen LogP) is 1.10. The van der Waals surface area contributed by atoms with Crippen LogP contribution >= 0.6 is 0 Å². The van der Waals surface area contributed by atoms with Gasteiger partial charge in [0.05, 0.1) is 32.0 Å². The first-order valence-electron chi connectivity index (χ1n) is 8.96. The van der Waals surface area contributed by atoms with E-state index in [1.54, 1.807) is 18.0 Å². The SMILES string of the molecule is COc1ccc(-n2nnnc2[C@@H]2CC[C@@H](CO)N2Cc2nccn2C)cc1. The van der Waals surface area contributed by atoms with Crippen LogP contribution in [-0.2, 0) is 13.6 Å². The van der Waals surface area contributed by atoms with Crippen LogP contribution < -0.4 is 4.74 Å². The van der Waals surface area contributed by atoms with Crippen molar-refractivity contribution >= 4 is 0 Å². The highest BCUT2D eigenvalue weighted by Crippen LogP contribution is 2.36. The lowest BCUT2D eigenvalue weighted by Gasteiger charge is -2.28. The average Bonchev–Trinajstić information content (AvgIpc) is 3.42. The molecular formula is C18H23N7O2. The van der Waals surface area contributed by atoms with E-state index >= 15 is 0 Å². The van der Waals surface area contributed by atoms with Crippen molar-refractivity contribution in [2.45, 2.75) is 31.5 Å². The number of tetrazole rings is 1. The van der Waals surface area contributed by atoms with Crippen LogP contribution in [0.15, 0.2) is 36.7 Å². The standard InChI is InChI=1S/C18H23N7O2/c1-23-10-9-19-17(23)11-24-14(12-26)5-8-16(24)18-20-21-22-25(18)13-3-6-15(27-2)7-4-13/h3-4,6-7,9-10,14,16,26H,5,8,11-12H2,1-2H3/t14-,16-/m0/s1. The number of methoxy groups -OCH3 is 1. The molecule has 0 bridgehead atoms. The number of hydrogen-bond donors (Lipinski definition) is 1. The molecule has 0 amide bonds. The maximum atomic E-state index is 9.85. The molecule has 9 nitrogen and oxygen atoms in total. The molecule has 0 spiro atoms. The molecular weight excluding hydrogens is 346 g/mol. The summed E-state index contributed by atoms with van der Waals surface area (Å²) in [6, 6.07) is 7.71. The molecule has 1 fully saturated rings. The Labute approximate surface area is 157 Å². The fraction of sp³-hybridized carbons (Fsp3) is 0.444. The Morgan fingerprint density at radius 1 is 1.22 bits per heavy atom. The molecule has 142 valence electrons. The van der Waals surface area contributed by atoms with Gasteiger partial charge < -0.3 is 14.4 Å². The number of hydrogen-bond acceptors (Lipinski definition) is 7. The first kappa shape index (κ1) is 17.6. The number of aliphatic hydroxyl groups is 1. The van der Waals surface area contributed by atoms with Crippen molar-refractivity contribution in [3.63, 3.8) is 0 Å². The third-order valence-electron chi connectivity index (χ3n) is 5.21. The Bertz CT molecular complexity index is 889. The third-order valence-corrected chi connectivity index (χ3v) is 5.21. The summed E-state index contributed by atoms with van der Waals surface area (Å²) in [5, 5.41) is 22.3. The number of aromatic nitrogens is 6. The van der Waals surface area contributed by atoms with Crippen molar-refractivity contribution in [1.82, 2.24) is 34.7 Å². The zero-order valence-corrected chi connectivity index (χ0v) is 15.4. The summed E-state index contributed by atoms with van der Waals surface area (Å²) < 4.78 is 8.98. The molecule has 3 aromatic rings. The summed E-state index contributed by atoms with van der Waals surface area (Å²) in [5.74, 6) is 2.50. The fourth-order valence-corrected chi connectivity index (χ4v) is 3.67. The Balaban J connectivity index is 1.65. The Morgan fingerprint density at radius 3 is 2.70 bits per heavy atom. The summed E-state index contributed by atoms with van der Waals surface area (Å²) in [4.78, 5) is 6.67. The Morgan fingerprint density at radius 2 is 2.04 bits per heavy atom. The maximum absolute atomic E-state index is 9.85. The van der Waals surface area contributed by atoms with Crippen molar-refractivity contribution in [3.8, 4) is 11.4 Å². The van der Waals surface area contributed by atoms with Gasteiger partial charge in [-0.25, -0.2) is 4.98 Å². The van der Waals surface area contributed by atoms with Crippen LogP contribution in [0.3, 0.4) is 0 Å². The minimum Gasteiger partial charge on any atom is -0.497 e. The molecule has 0 saturated carbocycles. The third kappa shape index (κ3) is 3.31. The Kier molecular flexibility index (Phi) is 4.87. The first-order valence-corrected chi connectivity index (χ1v) is 8.96. The highest BCUT2D eigenvalue weighted by molar-refractivity contribution is 5.37. The number of aliphatic hydroxyl groups excluding tert-OH is 1. The molecule has 27 heavy (non-hydrogen) atoms. The maximum Gasteiger partial charge on any atom is 0.173 e. The number of ether oxygens (including phenoxy) is 1. The summed E-state index contributed by atoms with van der Waals surface area (Å²) in [6.45, 7) is 0.736. The average molecular weight is 369 g/mol. The summed E-state index contributed by atoms with van der Waals surface area (Å²) in [6.07, 6.45) is 5.48. The molecule has 1 aromatic carbocycles. The molecule has 1 aliphatic heterocycles. The van der Waals surface area contributed by atoms with E-state index in [0.717, 1.165) is 35.9 Å². The van der Waals surface area contributed by atoms with E-state index in [4.69, 9.17) is 4.74 Å². The number of rotatable bonds is 6. The zero-order chi connectivity index (χ0) is 18.8. The summed E-state index contributed by atoms with van der Waals surface area (Å²) in [5.41, 5.74) is 0.875. The molecule has 0 unspecified atom stereocenters. The molecule has 0 radical (unpaired) electrons. The lowest BCUT2D eigenvalue weighted by atomic mass is 10.2. The van der Waals surface area contributed by atoms with E-state index in [0.29, 0.717) is 6.54 Å². The van der Waals surface area contributed by atoms with Crippen molar-refractivity contribution in [2.24, 2.45) is 7.05 Å². The van der Waals surface area contributed by atoms with Gasteiger partial charge in [0.1, 0.15) is 11.6 Å². The zero-order valence-electron chi connectivity index (χ0n) is 15.4. The second-order valence-electron chi connectivity index (χ2n) is 6.70. The fourth-order valence-electron chi connectivity index (χ4n) is 3.67. The number of benzene rings is 1. The molecule has 1 aliphatic rings. The van der Waals surface area contributed by atoms with Crippen LogP contribution in [0, 0.1) is 0 Å². The van der Waals surface area contributed by atoms with Gasteiger partial charge in [0.2, 0.25) is 0 Å². The lowest BCUT2D eigenvalue weighted by Crippen LogP contribution is -2.35. The van der Waals surface area contributed by atoms with Gasteiger partial charge in [0.25, 0.3) is 0 Å². The van der Waals surface area contributed by atoms with Crippen molar-refractivity contribution in [1.29, 1.82) is 0 Å². The van der Waals surface area contributed by atoms with Crippen LogP contribution in [0.25, 0.3) is 5.69 Å². The summed E-state index contributed by atoms with van der Waals surface area (Å²) >= 11 is 0. The van der Waals surface area contributed by atoms with E-state index in [1.807, 2.05) is 42.1 Å². The quantitative estimate of drug-likeness (QED) is 0.695. The number of likely N-dealkylation sites (tertiary alicyclic amines) is 1. The molecule has 1 N–H and O–H groups in total. The van der Waals surface area contributed by atoms with Crippen LogP contribution in [0.4, 0.5) is 0 Å². The van der Waals surface area contributed by atoms with Crippen molar-refractivity contribution < 1.29 is 9.84 Å². The van der Waals surface area contributed by atoms with Crippen LogP contribution in [0.1, 0.15) is 30.5 Å². The van der Waals surface area contributed by atoms with E-state index in [2.05, 4.69) is 25.4 Å². The topological polar surface area (TPSA) is 94.1 Å². The van der Waals surface area contributed by atoms with Gasteiger partial charge in [-0.15, -0.1) is 5.10 Å². The van der Waals surface area contributed by atoms with E-state index in [9.17, 15) is 5.11 Å². The smallest absolute Gasteiger partial charge is 0.173 e. The molecule has 4 rings (SSSR count). The predicted molar refractivity (Wildman–Crippen MR) is 97.3 cm³/mol. The van der Waals surface area contributed by atoms with Gasteiger partial charge >= 0.3 is 0 Å². The minimum absolute atomic E-state index is 0.0101. The number of aryl methyl sites for hydroxylation is 1. The van der Waals surface area contributed by atoms with Gasteiger partial charge in [-0.2, -0.15) is 4.68 Å². The normalized spacial score (nSPS) is 20.3. The second-order valence-corrected chi connectivity index (χ2v) is 6.70.